The summed E-state index contributed by atoms with van der Waals surface area (Å²) in [6, 6.07) is 2.91. The van der Waals surface area contributed by atoms with E-state index in [2.05, 4.69) is 4.98 Å². The number of hydrogen-bond acceptors (Lipinski definition) is 6. The van der Waals surface area contributed by atoms with E-state index in [4.69, 9.17) is 9.26 Å². The van der Waals surface area contributed by atoms with Gasteiger partial charge in [-0.1, -0.05) is 27.7 Å². The maximum Gasteiger partial charge on any atom is 0.331 e. The first-order valence-electron chi connectivity index (χ1n) is 9.71. The highest BCUT2D eigenvalue weighted by Crippen LogP contribution is 2.53. The van der Waals surface area contributed by atoms with E-state index in [0.29, 0.717) is 24.1 Å². The van der Waals surface area contributed by atoms with Crippen LogP contribution in [-0.4, -0.2) is 49.7 Å². The van der Waals surface area contributed by atoms with Crippen LogP contribution in [0.1, 0.15) is 64.3 Å². The first-order chi connectivity index (χ1) is 13.0. The van der Waals surface area contributed by atoms with Crippen molar-refractivity contribution in [1.82, 2.24) is 4.98 Å². The van der Waals surface area contributed by atoms with Gasteiger partial charge in [-0.2, -0.15) is 0 Å². The summed E-state index contributed by atoms with van der Waals surface area (Å²) in [5.41, 5.74) is -0.639. The van der Waals surface area contributed by atoms with E-state index < -0.39 is 43.3 Å². The zero-order chi connectivity index (χ0) is 21.3. The molecule has 4 N–H and O–H groups in total. The molecule has 160 valence electrons. The molecule has 0 radical (unpaired) electrons. The lowest BCUT2D eigenvalue weighted by Gasteiger charge is -2.37. The van der Waals surface area contributed by atoms with E-state index >= 15 is 0 Å². The zero-order valence-corrected chi connectivity index (χ0v) is 18.0. The first kappa shape index (κ1) is 23.3. The summed E-state index contributed by atoms with van der Waals surface area (Å²) in [5, 5.41) is 21.1. The Kier molecular flexibility index (Phi) is 7.29. The van der Waals surface area contributed by atoms with Crippen LogP contribution in [0.5, 0.6) is 0 Å². The molecule has 1 aliphatic heterocycles. The van der Waals surface area contributed by atoms with Gasteiger partial charge in [0, 0.05) is 23.7 Å². The Hall–Kier alpha value is -1.02. The van der Waals surface area contributed by atoms with Crippen LogP contribution < -0.4 is 5.56 Å². The van der Waals surface area contributed by atoms with Gasteiger partial charge in [-0.3, -0.25) is 9.36 Å². The minimum Gasteiger partial charge on any atom is -0.388 e. The second-order valence-corrected chi connectivity index (χ2v) is 10.2. The Labute approximate surface area is 165 Å². The predicted octanol–water partition coefficient (Wildman–Crippen LogP) is 2.40. The molecule has 0 spiro atoms. The Morgan fingerprint density at radius 3 is 2.36 bits per heavy atom. The molecule has 2 heterocycles. The number of nitrogens with one attached hydrogen (secondary N) is 1. The van der Waals surface area contributed by atoms with Crippen molar-refractivity contribution in [3.05, 3.63) is 33.7 Å². The number of aliphatic hydroxyl groups is 2. The molecular weight excluding hydrogens is 385 g/mol. The van der Waals surface area contributed by atoms with Crippen molar-refractivity contribution in [3.63, 3.8) is 0 Å². The summed E-state index contributed by atoms with van der Waals surface area (Å²) in [4.78, 5) is 24.3. The second kappa shape index (κ2) is 8.78. The van der Waals surface area contributed by atoms with E-state index in [0.717, 1.165) is 0 Å². The minimum absolute atomic E-state index is 0.161. The molecule has 9 heteroatoms. The molecular formula is C19H32NO7P. The summed E-state index contributed by atoms with van der Waals surface area (Å²) in [6.07, 6.45) is -2.90. The Balaban J connectivity index is 2.26. The lowest BCUT2D eigenvalue weighted by atomic mass is 9.88. The van der Waals surface area contributed by atoms with Gasteiger partial charge in [-0.15, -0.1) is 0 Å². The Morgan fingerprint density at radius 1 is 1.25 bits per heavy atom. The van der Waals surface area contributed by atoms with Crippen molar-refractivity contribution in [2.75, 3.05) is 0 Å². The smallest absolute Gasteiger partial charge is 0.331 e. The van der Waals surface area contributed by atoms with E-state index in [9.17, 15) is 24.5 Å². The van der Waals surface area contributed by atoms with Crippen LogP contribution in [0.2, 0.25) is 0 Å². The molecule has 1 saturated heterocycles. The summed E-state index contributed by atoms with van der Waals surface area (Å²) < 4.78 is 24.1. The van der Waals surface area contributed by atoms with Gasteiger partial charge in [0.25, 0.3) is 0 Å². The van der Waals surface area contributed by atoms with E-state index in [-0.39, 0.29) is 12.0 Å². The van der Waals surface area contributed by atoms with Gasteiger partial charge in [-0.05, 0) is 25.8 Å². The second-order valence-electron chi connectivity index (χ2n) is 7.82. The largest absolute Gasteiger partial charge is 0.388 e. The van der Waals surface area contributed by atoms with Crippen molar-refractivity contribution in [1.29, 1.82) is 0 Å². The number of aromatic nitrogens is 1. The number of ether oxygens (including phenoxy) is 1. The molecule has 1 fully saturated rings. The fraction of sp³-hybridized carbons (Fsp3) is 0.737. The van der Waals surface area contributed by atoms with Gasteiger partial charge >= 0.3 is 7.60 Å². The number of pyridine rings is 1. The SMILES string of the molecule is CCC(CC)(CC1OC(c2ccc(=O)[nH]c2C)C(O)C1O)OP(=O)(O)C(C)C. The van der Waals surface area contributed by atoms with Crippen LogP contribution in [0.15, 0.2) is 16.9 Å². The molecule has 5 atom stereocenters. The highest BCUT2D eigenvalue weighted by atomic mass is 31.2. The molecule has 28 heavy (non-hydrogen) atoms. The van der Waals surface area contributed by atoms with Gasteiger partial charge in [-0.25, -0.2) is 0 Å². The minimum atomic E-state index is -3.84. The van der Waals surface area contributed by atoms with Crippen LogP contribution in [0.3, 0.4) is 0 Å². The van der Waals surface area contributed by atoms with Gasteiger partial charge in [0.05, 0.1) is 17.4 Å². The molecule has 0 aliphatic carbocycles. The third-order valence-corrected chi connectivity index (χ3v) is 7.62. The molecule has 0 saturated carbocycles. The summed E-state index contributed by atoms with van der Waals surface area (Å²) in [5.74, 6) is 0. The molecule has 1 aromatic heterocycles. The fourth-order valence-corrected chi connectivity index (χ4v) is 4.62. The zero-order valence-electron chi connectivity index (χ0n) is 17.1. The predicted molar refractivity (Wildman–Crippen MR) is 105 cm³/mol. The number of H-pyrrole nitrogens is 1. The van der Waals surface area contributed by atoms with Crippen LogP contribution >= 0.6 is 7.60 Å². The van der Waals surface area contributed by atoms with Crippen LogP contribution in [-0.2, 0) is 13.8 Å². The average molecular weight is 417 g/mol. The normalized spacial score (nSPS) is 27.9. The quantitative estimate of drug-likeness (QED) is 0.478. The van der Waals surface area contributed by atoms with Crippen LogP contribution in [0.25, 0.3) is 0 Å². The molecule has 5 unspecified atom stereocenters. The molecule has 1 aliphatic rings. The molecule has 0 amide bonds. The number of rotatable bonds is 8. The Bertz CT molecular complexity index is 774. The van der Waals surface area contributed by atoms with Crippen molar-refractivity contribution in [2.24, 2.45) is 0 Å². The van der Waals surface area contributed by atoms with Crippen LogP contribution in [0.4, 0.5) is 0 Å². The number of hydrogen-bond donors (Lipinski definition) is 4. The summed E-state index contributed by atoms with van der Waals surface area (Å²) in [6.45, 7) is 8.64. The lowest BCUT2D eigenvalue weighted by Crippen LogP contribution is -2.40. The monoisotopic (exact) mass is 417 g/mol. The third-order valence-electron chi connectivity index (χ3n) is 5.67. The molecule has 0 aromatic carbocycles. The molecule has 2 rings (SSSR count). The summed E-state index contributed by atoms with van der Waals surface area (Å²) in [7, 11) is -3.84. The number of aromatic amines is 1. The number of aryl methyl sites for hydroxylation is 1. The highest BCUT2D eigenvalue weighted by molar-refractivity contribution is 7.53. The van der Waals surface area contributed by atoms with E-state index in [1.807, 2.05) is 13.8 Å². The van der Waals surface area contributed by atoms with Gasteiger partial charge in [0.1, 0.15) is 18.3 Å². The van der Waals surface area contributed by atoms with Crippen molar-refractivity contribution in [2.45, 2.75) is 89.6 Å². The lowest BCUT2D eigenvalue weighted by molar-refractivity contribution is -0.0555. The van der Waals surface area contributed by atoms with E-state index in [1.54, 1.807) is 26.8 Å². The summed E-state index contributed by atoms with van der Waals surface area (Å²) >= 11 is 0. The van der Waals surface area contributed by atoms with Gasteiger partial charge in [0.2, 0.25) is 5.56 Å². The topological polar surface area (TPSA) is 129 Å². The van der Waals surface area contributed by atoms with Crippen molar-refractivity contribution < 1.29 is 28.9 Å². The standard InChI is InChI=1S/C19H32NO7P/c1-6-19(7-2,27-28(24,25)11(3)4)10-14-16(22)17(23)18(26-14)13-8-9-15(21)20-12(13)5/h8-9,11,14,16-18,22-23H,6-7,10H2,1-5H3,(H,20,21)(H,24,25). The highest BCUT2D eigenvalue weighted by Gasteiger charge is 2.48. The molecule has 0 bridgehead atoms. The molecule has 1 aromatic rings. The average Bonchev–Trinajstić information content (AvgIpc) is 2.89. The Morgan fingerprint density at radius 2 is 1.86 bits per heavy atom. The van der Waals surface area contributed by atoms with Crippen LogP contribution in [0, 0.1) is 6.92 Å². The van der Waals surface area contributed by atoms with Crippen molar-refractivity contribution >= 4 is 7.60 Å². The first-order valence-corrected chi connectivity index (χ1v) is 11.4. The fourth-order valence-electron chi connectivity index (χ4n) is 3.53. The van der Waals surface area contributed by atoms with E-state index in [1.165, 1.54) is 6.07 Å². The maximum atomic E-state index is 12.5. The third kappa shape index (κ3) is 4.75. The van der Waals surface area contributed by atoms with Gasteiger partial charge in [0.15, 0.2) is 0 Å². The number of aliphatic hydroxyl groups excluding tert-OH is 2. The maximum absolute atomic E-state index is 12.5. The van der Waals surface area contributed by atoms with Gasteiger partial charge < -0.3 is 29.4 Å². The van der Waals surface area contributed by atoms with Crippen molar-refractivity contribution in [3.8, 4) is 0 Å². The molecule has 8 nitrogen and oxygen atoms in total.